The van der Waals surface area contributed by atoms with Gasteiger partial charge in [0.25, 0.3) is 5.91 Å². The molecule has 0 radical (unpaired) electrons. The van der Waals surface area contributed by atoms with Gasteiger partial charge in [0.15, 0.2) is 6.61 Å². The first-order chi connectivity index (χ1) is 13.5. The van der Waals surface area contributed by atoms with Crippen LogP contribution in [0, 0.1) is 0 Å². The van der Waals surface area contributed by atoms with Crippen LogP contribution in [0.5, 0.6) is 0 Å². The van der Waals surface area contributed by atoms with Crippen molar-refractivity contribution in [3.8, 4) is 0 Å². The molecule has 0 spiro atoms. The van der Waals surface area contributed by atoms with Gasteiger partial charge in [0, 0.05) is 12.0 Å². The van der Waals surface area contributed by atoms with E-state index >= 15 is 0 Å². The van der Waals surface area contributed by atoms with Crippen LogP contribution in [0.3, 0.4) is 0 Å². The Hall–Kier alpha value is -3.15. The summed E-state index contributed by atoms with van der Waals surface area (Å²) in [5.74, 6) is -1.34. The third-order valence-corrected chi connectivity index (χ3v) is 4.38. The van der Waals surface area contributed by atoms with Crippen LogP contribution < -0.4 is 10.6 Å². The van der Waals surface area contributed by atoms with E-state index in [1.807, 2.05) is 74.5 Å². The SMILES string of the molecule is CC[C@@H](C)NC(=O)NC(=O)COC(=O)CC(c1ccccc1)c1ccccc1. The number of nitrogens with one attached hydrogen (secondary N) is 2. The first-order valence-corrected chi connectivity index (χ1v) is 9.35. The summed E-state index contributed by atoms with van der Waals surface area (Å²) < 4.78 is 5.08. The molecule has 0 aliphatic carbocycles. The minimum absolute atomic E-state index is 0.0483. The van der Waals surface area contributed by atoms with E-state index < -0.39 is 24.5 Å². The Morgan fingerprint density at radius 3 is 1.96 bits per heavy atom. The molecule has 0 bridgehead atoms. The second-order valence-electron chi connectivity index (χ2n) is 6.57. The van der Waals surface area contributed by atoms with Crippen molar-refractivity contribution in [2.75, 3.05) is 6.61 Å². The maximum atomic E-state index is 12.3. The Morgan fingerprint density at radius 1 is 0.929 bits per heavy atom. The number of carbonyl (C=O) groups is 3. The molecule has 1 atom stereocenters. The zero-order valence-electron chi connectivity index (χ0n) is 16.2. The topological polar surface area (TPSA) is 84.5 Å². The van der Waals surface area contributed by atoms with E-state index in [2.05, 4.69) is 10.6 Å². The predicted molar refractivity (Wildman–Crippen MR) is 107 cm³/mol. The van der Waals surface area contributed by atoms with E-state index in [9.17, 15) is 14.4 Å². The molecule has 2 aromatic rings. The second-order valence-corrected chi connectivity index (χ2v) is 6.57. The van der Waals surface area contributed by atoms with E-state index in [4.69, 9.17) is 4.74 Å². The number of rotatable bonds is 8. The van der Waals surface area contributed by atoms with Gasteiger partial charge in [-0.25, -0.2) is 4.79 Å². The zero-order valence-corrected chi connectivity index (χ0v) is 16.2. The number of amides is 3. The van der Waals surface area contributed by atoms with E-state index in [0.717, 1.165) is 17.5 Å². The first-order valence-electron chi connectivity index (χ1n) is 9.35. The van der Waals surface area contributed by atoms with Crippen LogP contribution >= 0.6 is 0 Å². The molecule has 0 heterocycles. The average molecular weight is 382 g/mol. The number of ether oxygens (including phenoxy) is 1. The third-order valence-electron chi connectivity index (χ3n) is 4.38. The van der Waals surface area contributed by atoms with Gasteiger partial charge in [-0.15, -0.1) is 0 Å². The van der Waals surface area contributed by atoms with Crippen molar-refractivity contribution in [1.29, 1.82) is 0 Å². The highest BCUT2D eigenvalue weighted by Crippen LogP contribution is 2.28. The van der Waals surface area contributed by atoms with Gasteiger partial charge in [-0.3, -0.25) is 14.9 Å². The van der Waals surface area contributed by atoms with Crippen LogP contribution in [-0.4, -0.2) is 30.6 Å². The quantitative estimate of drug-likeness (QED) is 0.686. The zero-order chi connectivity index (χ0) is 20.4. The number of imide groups is 1. The Kier molecular flexibility index (Phi) is 8.21. The lowest BCUT2D eigenvalue weighted by molar-refractivity contribution is -0.148. The van der Waals surface area contributed by atoms with Gasteiger partial charge in [0.2, 0.25) is 0 Å². The average Bonchev–Trinajstić information content (AvgIpc) is 2.71. The number of esters is 1. The molecule has 0 fully saturated rings. The molecule has 2 aromatic carbocycles. The predicted octanol–water partition coefficient (Wildman–Crippen LogP) is 3.38. The van der Waals surface area contributed by atoms with E-state index in [-0.39, 0.29) is 18.4 Å². The molecule has 3 amide bonds. The molecule has 6 heteroatoms. The fraction of sp³-hybridized carbons (Fsp3) is 0.318. The van der Waals surface area contributed by atoms with Gasteiger partial charge in [-0.2, -0.15) is 0 Å². The van der Waals surface area contributed by atoms with Gasteiger partial charge < -0.3 is 10.1 Å². The monoisotopic (exact) mass is 382 g/mol. The highest BCUT2D eigenvalue weighted by atomic mass is 16.5. The lowest BCUT2D eigenvalue weighted by Gasteiger charge is -2.17. The fourth-order valence-electron chi connectivity index (χ4n) is 2.70. The molecule has 6 nitrogen and oxygen atoms in total. The molecular formula is C22H26N2O4. The van der Waals surface area contributed by atoms with Crippen LogP contribution in [-0.2, 0) is 14.3 Å². The van der Waals surface area contributed by atoms with Crippen molar-refractivity contribution in [3.63, 3.8) is 0 Å². The van der Waals surface area contributed by atoms with Gasteiger partial charge in [0.05, 0.1) is 6.42 Å². The normalized spacial score (nSPS) is 11.5. The third kappa shape index (κ3) is 6.87. The molecule has 0 aromatic heterocycles. The number of hydrogen-bond acceptors (Lipinski definition) is 4. The van der Waals surface area contributed by atoms with Crippen LogP contribution in [0.2, 0.25) is 0 Å². The van der Waals surface area contributed by atoms with E-state index in [1.54, 1.807) is 0 Å². The van der Waals surface area contributed by atoms with Crippen LogP contribution in [0.1, 0.15) is 43.7 Å². The summed E-state index contributed by atoms with van der Waals surface area (Å²) in [6.45, 7) is 3.25. The van der Waals surface area contributed by atoms with Gasteiger partial charge in [-0.05, 0) is 24.5 Å². The molecular weight excluding hydrogens is 356 g/mol. The van der Waals surface area contributed by atoms with Crippen molar-refractivity contribution in [2.24, 2.45) is 0 Å². The fourth-order valence-corrected chi connectivity index (χ4v) is 2.70. The maximum absolute atomic E-state index is 12.3. The lowest BCUT2D eigenvalue weighted by atomic mass is 9.89. The summed E-state index contributed by atoms with van der Waals surface area (Å²) in [4.78, 5) is 35.7. The smallest absolute Gasteiger partial charge is 0.321 e. The van der Waals surface area contributed by atoms with Crippen molar-refractivity contribution in [3.05, 3.63) is 71.8 Å². The molecule has 0 unspecified atom stereocenters. The summed E-state index contributed by atoms with van der Waals surface area (Å²) in [5, 5.41) is 4.76. The standard InChI is InChI=1S/C22H26N2O4/c1-3-16(2)23-22(27)24-20(25)15-28-21(26)14-19(17-10-6-4-7-11-17)18-12-8-5-9-13-18/h4-13,16,19H,3,14-15H2,1-2H3,(H2,23,24,25,27)/t16-/m1/s1. The summed E-state index contributed by atoms with van der Waals surface area (Å²) in [6.07, 6.45) is 0.845. The summed E-state index contributed by atoms with van der Waals surface area (Å²) in [5.41, 5.74) is 1.98. The number of carbonyl (C=O) groups excluding carboxylic acids is 3. The molecule has 2 rings (SSSR count). The summed E-state index contributed by atoms with van der Waals surface area (Å²) in [7, 11) is 0. The molecule has 148 valence electrons. The van der Waals surface area contributed by atoms with Gasteiger partial charge in [-0.1, -0.05) is 67.6 Å². The lowest BCUT2D eigenvalue weighted by Crippen LogP contribution is -2.44. The molecule has 0 aliphatic heterocycles. The van der Waals surface area contributed by atoms with Crippen LogP contribution in [0.25, 0.3) is 0 Å². The number of urea groups is 1. The molecule has 0 aliphatic rings. The number of benzene rings is 2. The highest BCUT2D eigenvalue weighted by molar-refractivity contribution is 5.95. The molecule has 0 saturated heterocycles. The largest absolute Gasteiger partial charge is 0.456 e. The van der Waals surface area contributed by atoms with Gasteiger partial charge >= 0.3 is 12.0 Å². The Morgan fingerprint density at radius 2 is 1.46 bits per heavy atom. The molecule has 28 heavy (non-hydrogen) atoms. The minimum Gasteiger partial charge on any atom is -0.456 e. The van der Waals surface area contributed by atoms with Gasteiger partial charge in [0.1, 0.15) is 0 Å². The van der Waals surface area contributed by atoms with Crippen LogP contribution in [0.15, 0.2) is 60.7 Å². The maximum Gasteiger partial charge on any atom is 0.321 e. The minimum atomic E-state index is -0.662. The van der Waals surface area contributed by atoms with Crippen molar-refractivity contribution >= 4 is 17.9 Å². The Labute approximate surface area is 165 Å². The van der Waals surface area contributed by atoms with Crippen LogP contribution in [0.4, 0.5) is 4.79 Å². The Balaban J connectivity index is 1.92. The first kappa shape index (κ1) is 21.2. The second kappa shape index (κ2) is 10.9. The highest BCUT2D eigenvalue weighted by Gasteiger charge is 2.20. The van der Waals surface area contributed by atoms with Crippen molar-refractivity contribution in [2.45, 2.75) is 38.6 Å². The van der Waals surface area contributed by atoms with Crippen molar-refractivity contribution in [1.82, 2.24) is 10.6 Å². The van der Waals surface area contributed by atoms with E-state index in [0.29, 0.717) is 0 Å². The van der Waals surface area contributed by atoms with E-state index in [1.165, 1.54) is 0 Å². The Bertz CT molecular complexity index is 738. The summed E-state index contributed by atoms with van der Waals surface area (Å²) >= 11 is 0. The molecule has 0 saturated carbocycles. The molecule has 2 N–H and O–H groups in total. The van der Waals surface area contributed by atoms with Crippen molar-refractivity contribution < 1.29 is 19.1 Å². The summed E-state index contributed by atoms with van der Waals surface area (Å²) in [6, 6.07) is 18.7. The number of hydrogen-bond donors (Lipinski definition) is 2.